The summed E-state index contributed by atoms with van der Waals surface area (Å²) in [5.74, 6) is 0.590. The van der Waals surface area contributed by atoms with E-state index in [4.69, 9.17) is 16.3 Å². The highest BCUT2D eigenvalue weighted by Crippen LogP contribution is 2.28. The van der Waals surface area contributed by atoms with Crippen LogP contribution in [0.15, 0.2) is 18.2 Å². The van der Waals surface area contributed by atoms with E-state index in [0.717, 1.165) is 31.3 Å². The first-order valence-corrected chi connectivity index (χ1v) is 8.08. The van der Waals surface area contributed by atoms with Crippen LogP contribution in [-0.2, 0) is 11.3 Å². The molecule has 0 radical (unpaired) electrons. The van der Waals surface area contributed by atoms with Crippen molar-refractivity contribution in [2.24, 2.45) is 5.92 Å². The van der Waals surface area contributed by atoms with Crippen molar-refractivity contribution in [2.75, 3.05) is 31.7 Å². The minimum atomic E-state index is 0.437. The molecule has 4 heteroatoms. The molecule has 0 amide bonds. The van der Waals surface area contributed by atoms with Crippen LogP contribution in [-0.4, -0.2) is 32.8 Å². The largest absolute Gasteiger partial charge is 0.383 e. The van der Waals surface area contributed by atoms with Gasteiger partial charge in [0.2, 0.25) is 0 Å². The molecule has 120 valence electrons. The van der Waals surface area contributed by atoms with Crippen molar-refractivity contribution in [2.45, 2.75) is 40.3 Å². The SMILES string of the molecule is COCCN(CC(C)C)c1cccc(Cl)c1CNC(C)C. The average molecular weight is 313 g/mol. The molecule has 1 aromatic rings. The summed E-state index contributed by atoms with van der Waals surface area (Å²) in [6.45, 7) is 12.1. The van der Waals surface area contributed by atoms with Crippen molar-refractivity contribution in [3.63, 3.8) is 0 Å². The van der Waals surface area contributed by atoms with Gasteiger partial charge in [-0.3, -0.25) is 0 Å². The van der Waals surface area contributed by atoms with E-state index in [9.17, 15) is 0 Å². The molecule has 0 fully saturated rings. The van der Waals surface area contributed by atoms with Crippen LogP contribution >= 0.6 is 11.6 Å². The molecule has 0 saturated heterocycles. The van der Waals surface area contributed by atoms with E-state index in [1.54, 1.807) is 7.11 Å². The molecular weight excluding hydrogens is 284 g/mol. The summed E-state index contributed by atoms with van der Waals surface area (Å²) in [7, 11) is 1.74. The zero-order valence-electron chi connectivity index (χ0n) is 13.9. The van der Waals surface area contributed by atoms with Gasteiger partial charge in [-0.1, -0.05) is 45.4 Å². The number of nitrogens with one attached hydrogen (secondary N) is 1. The van der Waals surface area contributed by atoms with Crippen LogP contribution in [0.2, 0.25) is 5.02 Å². The summed E-state index contributed by atoms with van der Waals surface area (Å²) >= 11 is 6.43. The lowest BCUT2D eigenvalue weighted by Crippen LogP contribution is -2.33. The number of hydrogen-bond acceptors (Lipinski definition) is 3. The van der Waals surface area contributed by atoms with Gasteiger partial charge >= 0.3 is 0 Å². The third-order valence-electron chi connectivity index (χ3n) is 3.27. The number of benzene rings is 1. The summed E-state index contributed by atoms with van der Waals surface area (Å²) in [6.07, 6.45) is 0. The van der Waals surface area contributed by atoms with Crippen LogP contribution in [0, 0.1) is 5.92 Å². The zero-order valence-corrected chi connectivity index (χ0v) is 14.7. The van der Waals surface area contributed by atoms with Gasteiger partial charge in [-0.15, -0.1) is 0 Å². The summed E-state index contributed by atoms with van der Waals surface area (Å²) < 4.78 is 5.25. The van der Waals surface area contributed by atoms with Crippen LogP contribution < -0.4 is 10.2 Å². The van der Waals surface area contributed by atoms with Gasteiger partial charge in [0, 0.05) is 49.1 Å². The second-order valence-electron chi connectivity index (χ2n) is 6.11. The first-order chi connectivity index (χ1) is 9.95. The Hall–Kier alpha value is -0.770. The lowest BCUT2D eigenvalue weighted by atomic mass is 10.1. The fourth-order valence-corrected chi connectivity index (χ4v) is 2.51. The molecule has 0 aromatic heterocycles. The lowest BCUT2D eigenvalue weighted by molar-refractivity contribution is 0.204. The predicted molar refractivity (Wildman–Crippen MR) is 92.4 cm³/mol. The Balaban J connectivity index is 3.01. The lowest BCUT2D eigenvalue weighted by Gasteiger charge is -2.29. The standard InChI is InChI=1S/C17H29ClN2O/c1-13(2)12-20(9-10-21-5)17-8-6-7-16(18)15(17)11-19-14(3)4/h6-8,13-14,19H,9-12H2,1-5H3. The van der Waals surface area contributed by atoms with Gasteiger partial charge in [0.25, 0.3) is 0 Å². The van der Waals surface area contributed by atoms with Crippen LogP contribution in [0.25, 0.3) is 0 Å². The molecule has 1 aromatic carbocycles. The molecule has 0 aliphatic heterocycles. The Morgan fingerprint density at radius 1 is 1.24 bits per heavy atom. The summed E-state index contributed by atoms with van der Waals surface area (Å²) in [4.78, 5) is 2.37. The number of ether oxygens (including phenoxy) is 1. The number of nitrogens with zero attached hydrogens (tertiary/aromatic N) is 1. The second kappa shape index (κ2) is 9.29. The van der Waals surface area contributed by atoms with Crippen molar-refractivity contribution >= 4 is 17.3 Å². The molecule has 21 heavy (non-hydrogen) atoms. The van der Waals surface area contributed by atoms with Crippen molar-refractivity contribution in [3.8, 4) is 0 Å². The molecule has 0 unspecified atom stereocenters. The molecule has 1 N–H and O–H groups in total. The molecular formula is C17H29ClN2O. The van der Waals surface area contributed by atoms with Crippen LogP contribution in [0.5, 0.6) is 0 Å². The minimum absolute atomic E-state index is 0.437. The van der Waals surface area contributed by atoms with Crippen molar-refractivity contribution < 1.29 is 4.74 Å². The van der Waals surface area contributed by atoms with E-state index >= 15 is 0 Å². The molecule has 0 spiro atoms. The van der Waals surface area contributed by atoms with Crippen LogP contribution in [0.4, 0.5) is 5.69 Å². The monoisotopic (exact) mass is 312 g/mol. The Kier molecular flexibility index (Phi) is 8.09. The van der Waals surface area contributed by atoms with Gasteiger partial charge in [-0.25, -0.2) is 0 Å². The molecule has 0 atom stereocenters. The zero-order chi connectivity index (χ0) is 15.8. The van der Waals surface area contributed by atoms with Gasteiger partial charge < -0.3 is 15.0 Å². The van der Waals surface area contributed by atoms with E-state index in [0.29, 0.717) is 12.0 Å². The van der Waals surface area contributed by atoms with Crippen LogP contribution in [0.1, 0.15) is 33.3 Å². The number of halogens is 1. The molecule has 0 aliphatic carbocycles. The number of anilines is 1. The topological polar surface area (TPSA) is 24.5 Å². The second-order valence-corrected chi connectivity index (χ2v) is 6.51. The first-order valence-electron chi connectivity index (χ1n) is 7.70. The Labute approximate surface area is 134 Å². The van der Waals surface area contributed by atoms with Crippen molar-refractivity contribution in [1.29, 1.82) is 0 Å². The molecule has 0 saturated carbocycles. The van der Waals surface area contributed by atoms with E-state index in [2.05, 4.69) is 44.0 Å². The van der Waals surface area contributed by atoms with Gasteiger partial charge in [-0.2, -0.15) is 0 Å². The average Bonchev–Trinajstić information content (AvgIpc) is 2.41. The number of rotatable bonds is 9. The van der Waals surface area contributed by atoms with Crippen molar-refractivity contribution in [3.05, 3.63) is 28.8 Å². The van der Waals surface area contributed by atoms with E-state index in [1.807, 2.05) is 12.1 Å². The normalized spacial score (nSPS) is 11.4. The van der Waals surface area contributed by atoms with E-state index in [-0.39, 0.29) is 0 Å². The highest BCUT2D eigenvalue weighted by molar-refractivity contribution is 6.31. The number of methoxy groups -OCH3 is 1. The summed E-state index contributed by atoms with van der Waals surface area (Å²) in [5.41, 5.74) is 2.38. The van der Waals surface area contributed by atoms with E-state index < -0.39 is 0 Å². The highest BCUT2D eigenvalue weighted by Gasteiger charge is 2.15. The maximum atomic E-state index is 6.43. The predicted octanol–water partition coefficient (Wildman–Crippen LogP) is 3.95. The fraction of sp³-hybridized carbons (Fsp3) is 0.647. The Morgan fingerprint density at radius 2 is 1.95 bits per heavy atom. The number of hydrogen-bond donors (Lipinski definition) is 1. The third-order valence-corrected chi connectivity index (χ3v) is 3.63. The molecule has 1 rings (SSSR count). The Morgan fingerprint density at radius 3 is 2.52 bits per heavy atom. The smallest absolute Gasteiger partial charge is 0.0637 e. The maximum absolute atomic E-state index is 6.43. The highest BCUT2D eigenvalue weighted by atomic mass is 35.5. The van der Waals surface area contributed by atoms with Gasteiger partial charge in [0.05, 0.1) is 6.61 Å². The fourth-order valence-electron chi connectivity index (χ4n) is 2.28. The van der Waals surface area contributed by atoms with Gasteiger partial charge in [0.15, 0.2) is 0 Å². The molecule has 0 aliphatic rings. The molecule has 0 heterocycles. The van der Waals surface area contributed by atoms with Crippen molar-refractivity contribution in [1.82, 2.24) is 5.32 Å². The first kappa shape index (κ1) is 18.3. The van der Waals surface area contributed by atoms with Gasteiger partial charge in [-0.05, 0) is 18.1 Å². The third kappa shape index (κ3) is 6.25. The quantitative estimate of drug-likeness (QED) is 0.747. The maximum Gasteiger partial charge on any atom is 0.0637 e. The minimum Gasteiger partial charge on any atom is -0.383 e. The summed E-state index contributed by atoms with van der Waals surface area (Å²) in [5, 5.41) is 4.29. The van der Waals surface area contributed by atoms with Gasteiger partial charge in [0.1, 0.15) is 0 Å². The van der Waals surface area contributed by atoms with Crippen LogP contribution in [0.3, 0.4) is 0 Å². The molecule has 0 bridgehead atoms. The Bertz CT molecular complexity index is 421. The van der Waals surface area contributed by atoms with E-state index in [1.165, 1.54) is 11.3 Å². The summed E-state index contributed by atoms with van der Waals surface area (Å²) in [6, 6.07) is 6.58. The molecule has 3 nitrogen and oxygen atoms in total.